The molecule has 0 saturated carbocycles. The molecule has 2 aliphatic rings. The highest BCUT2D eigenvalue weighted by Crippen LogP contribution is 2.22. The minimum absolute atomic E-state index is 0.0275. The number of ether oxygens (including phenoxy) is 2. The molecule has 1 aromatic carbocycles. The van der Waals surface area contributed by atoms with Crippen molar-refractivity contribution in [3.8, 4) is 11.5 Å². The lowest BCUT2D eigenvalue weighted by Gasteiger charge is -2.16. The molecule has 7 nitrogen and oxygen atoms in total. The summed E-state index contributed by atoms with van der Waals surface area (Å²) in [6.07, 6.45) is 6.92. The van der Waals surface area contributed by atoms with E-state index in [4.69, 9.17) is 9.47 Å². The normalized spacial score (nSPS) is 20.1. The third kappa shape index (κ3) is 4.40. The number of carbonyl (C=O) groups excluding carboxylic acids is 1. The van der Waals surface area contributed by atoms with Crippen LogP contribution in [0, 0.1) is 0 Å². The average molecular weight is 370 g/mol. The van der Waals surface area contributed by atoms with Crippen LogP contribution in [0.25, 0.3) is 0 Å². The van der Waals surface area contributed by atoms with E-state index >= 15 is 0 Å². The average Bonchev–Trinajstić information content (AvgIpc) is 2.84. The maximum Gasteiger partial charge on any atom is 0.261 e. The van der Waals surface area contributed by atoms with E-state index in [1.807, 2.05) is 24.3 Å². The molecule has 1 atom stereocenters. The van der Waals surface area contributed by atoms with Gasteiger partial charge in [0, 0.05) is 19.5 Å². The molecule has 144 valence electrons. The zero-order valence-corrected chi connectivity index (χ0v) is 15.5. The lowest BCUT2D eigenvalue weighted by molar-refractivity contribution is -0.127. The Morgan fingerprint density at radius 3 is 2.78 bits per heavy atom. The maximum atomic E-state index is 12.0. The highest BCUT2D eigenvalue weighted by Gasteiger charge is 2.22. The predicted octanol–water partition coefficient (Wildman–Crippen LogP) is 2.63. The van der Waals surface area contributed by atoms with Crippen LogP contribution in [0.1, 0.15) is 50.2 Å². The number of aryl methyl sites for hydroxylation is 1. The fourth-order valence-electron chi connectivity index (χ4n) is 3.60. The lowest BCUT2D eigenvalue weighted by Crippen LogP contribution is -2.36. The first-order valence-electron chi connectivity index (χ1n) is 9.88. The highest BCUT2D eigenvalue weighted by molar-refractivity contribution is 5.81. The number of aromatic nitrogens is 3. The van der Waals surface area contributed by atoms with Crippen LogP contribution in [-0.4, -0.2) is 33.3 Å². The second kappa shape index (κ2) is 8.41. The van der Waals surface area contributed by atoms with Gasteiger partial charge < -0.3 is 19.4 Å². The van der Waals surface area contributed by atoms with Crippen molar-refractivity contribution >= 4 is 5.91 Å². The number of amides is 1. The molecule has 7 heteroatoms. The molecule has 0 bridgehead atoms. The summed E-state index contributed by atoms with van der Waals surface area (Å²) >= 11 is 0. The third-order valence-electron chi connectivity index (χ3n) is 5.14. The third-order valence-corrected chi connectivity index (χ3v) is 5.14. The molecule has 0 radical (unpaired) electrons. The summed E-state index contributed by atoms with van der Waals surface area (Å²) in [5, 5.41) is 11.5. The topological polar surface area (TPSA) is 78.3 Å². The molecule has 1 aromatic heterocycles. The Kier molecular flexibility index (Phi) is 5.55. The Labute approximate surface area is 159 Å². The number of nitrogens with one attached hydrogen (secondary N) is 1. The van der Waals surface area contributed by atoms with Gasteiger partial charge in [-0.25, -0.2) is 0 Å². The molecule has 2 aromatic rings. The van der Waals surface area contributed by atoms with Crippen LogP contribution in [0.2, 0.25) is 0 Å². The van der Waals surface area contributed by atoms with Crippen molar-refractivity contribution in [2.45, 2.75) is 64.2 Å². The second-order valence-electron chi connectivity index (χ2n) is 7.15. The largest absolute Gasteiger partial charge is 0.486 e. The van der Waals surface area contributed by atoms with Gasteiger partial charge >= 0.3 is 0 Å². The van der Waals surface area contributed by atoms with Gasteiger partial charge in [0.2, 0.25) is 0 Å². The standard InChI is InChI=1S/C20H26N4O3/c25-20-17(6-3-4-12-21-20)27-16-10-8-15(9-11-16)26-14-19-23-22-18-7-2-1-5-13-24(18)19/h8-11,17H,1-7,12-14H2,(H,21,25). The Morgan fingerprint density at radius 1 is 1.04 bits per heavy atom. The summed E-state index contributed by atoms with van der Waals surface area (Å²) in [5.74, 6) is 3.35. The van der Waals surface area contributed by atoms with Crippen molar-refractivity contribution < 1.29 is 14.3 Å². The fourth-order valence-corrected chi connectivity index (χ4v) is 3.60. The number of nitrogens with zero attached hydrogens (tertiary/aromatic N) is 3. The second-order valence-corrected chi connectivity index (χ2v) is 7.15. The van der Waals surface area contributed by atoms with Gasteiger partial charge in [-0.1, -0.05) is 6.42 Å². The zero-order chi connectivity index (χ0) is 18.5. The lowest BCUT2D eigenvalue weighted by atomic mass is 10.2. The van der Waals surface area contributed by atoms with Crippen molar-refractivity contribution in [3.63, 3.8) is 0 Å². The number of rotatable bonds is 5. The Bertz CT molecular complexity index is 772. The van der Waals surface area contributed by atoms with Crippen LogP contribution in [0.5, 0.6) is 11.5 Å². The summed E-state index contributed by atoms with van der Waals surface area (Å²) in [4.78, 5) is 12.0. The van der Waals surface area contributed by atoms with Gasteiger partial charge in [-0.2, -0.15) is 0 Å². The van der Waals surface area contributed by atoms with Crippen LogP contribution in [0.15, 0.2) is 24.3 Å². The van der Waals surface area contributed by atoms with Gasteiger partial charge in [0.15, 0.2) is 11.9 Å². The van der Waals surface area contributed by atoms with Crippen LogP contribution in [0.3, 0.4) is 0 Å². The van der Waals surface area contributed by atoms with Crippen molar-refractivity contribution in [2.24, 2.45) is 0 Å². The monoisotopic (exact) mass is 370 g/mol. The summed E-state index contributed by atoms with van der Waals surface area (Å²) in [6.45, 7) is 2.10. The van der Waals surface area contributed by atoms with Crippen LogP contribution in [0.4, 0.5) is 0 Å². The highest BCUT2D eigenvalue weighted by atomic mass is 16.5. The molecule has 3 heterocycles. The molecule has 4 rings (SSSR count). The van der Waals surface area contributed by atoms with Crippen molar-refractivity contribution in [1.29, 1.82) is 0 Å². The van der Waals surface area contributed by atoms with E-state index in [-0.39, 0.29) is 5.91 Å². The molecular formula is C20H26N4O3. The van der Waals surface area contributed by atoms with E-state index in [0.29, 0.717) is 12.4 Å². The maximum absolute atomic E-state index is 12.0. The minimum atomic E-state index is -0.411. The van der Waals surface area contributed by atoms with Crippen molar-refractivity contribution in [1.82, 2.24) is 20.1 Å². The summed E-state index contributed by atoms with van der Waals surface area (Å²) < 4.78 is 13.9. The van der Waals surface area contributed by atoms with Gasteiger partial charge in [-0.05, 0) is 56.4 Å². The van der Waals surface area contributed by atoms with E-state index in [0.717, 1.165) is 56.2 Å². The van der Waals surface area contributed by atoms with Gasteiger partial charge in [-0.3, -0.25) is 4.79 Å². The first-order chi connectivity index (χ1) is 13.3. The molecule has 2 aliphatic heterocycles. The first kappa shape index (κ1) is 17.8. The van der Waals surface area contributed by atoms with Crippen LogP contribution >= 0.6 is 0 Å². The molecular weight excluding hydrogens is 344 g/mol. The van der Waals surface area contributed by atoms with Crippen LogP contribution < -0.4 is 14.8 Å². The Hall–Kier alpha value is -2.57. The number of fused-ring (bicyclic) bond motifs is 1. The zero-order valence-electron chi connectivity index (χ0n) is 15.5. The van der Waals surface area contributed by atoms with Gasteiger partial charge in [0.25, 0.3) is 5.91 Å². The van der Waals surface area contributed by atoms with E-state index in [2.05, 4.69) is 20.1 Å². The molecule has 1 fully saturated rings. The van der Waals surface area contributed by atoms with E-state index in [1.54, 1.807) is 0 Å². The van der Waals surface area contributed by atoms with E-state index < -0.39 is 6.10 Å². The molecule has 1 unspecified atom stereocenters. The predicted molar refractivity (Wildman–Crippen MR) is 99.6 cm³/mol. The first-order valence-corrected chi connectivity index (χ1v) is 9.88. The fraction of sp³-hybridized carbons (Fsp3) is 0.550. The molecule has 1 N–H and O–H groups in total. The summed E-state index contributed by atoms with van der Waals surface area (Å²) in [7, 11) is 0. The van der Waals surface area contributed by atoms with Crippen molar-refractivity contribution in [2.75, 3.05) is 6.54 Å². The quantitative estimate of drug-likeness (QED) is 0.875. The SMILES string of the molecule is O=C1NCCCCC1Oc1ccc(OCc2nnc3n2CCCCC3)cc1. The summed E-state index contributed by atoms with van der Waals surface area (Å²) in [5.41, 5.74) is 0. The summed E-state index contributed by atoms with van der Waals surface area (Å²) in [6, 6.07) is 7.42. The van der Waals surface area contributed by atoms with Crippen LogP contribution in [-0.2, 0) is 24.4 Å². The number of benzene rings is 1. The molecule has 0 spiro atoms. The van der Waals surface area contributed by atoms with Gasteiger partial charge in [0.1, 0.15) is 23.9 Å². The van der Waals surface area contributed by atoms with Crippen molar-refractivity contribution in [3.05, 3.63) is 35.9 Å². The Morgan fingerprint density at radius 2 is 1.89 bits per heavy atom. The van der Waals surface area contributed by atoms with E-state index in [1.165, 1.54) is 19.3 Å². The molecule has 0 aliphatic carbocycles. The molecule has 1 amide bonds. The number of hydrogen-bond acceptors (Lipinski definition) is 5. The number of hydrogen-bond donors (Lipinski definition) is 1. The molecule has 1 saturated heterocycles. The smallest absolute Gasteiger partial charge is 0.261 e. The van der Waals surface area contributed by atoms with Gasteiger partial charge in [-0.15, -0.1) is 10.2 Å². The van der Waals surface area contributed by atoms with Gasteiger partial charge in [0.05, 0.1) is 0 Å². The number of carbonyl (C=O) groups is 1. The Balaban J connectivity index is 1.34. The van der Waals surface area contributed by atoms with E-state index in [9.17, 15) is 4.79 Å². The minimum Gasteiger partial charge on any atom is -0.486 e. The molecule has 27 heavy (non-hydrogen) atoms.